The van der Waals surface area contributed by atoms with Gasteiger partial charge in [0.25, 0.3) is 0 Å². The van der Waals surface area contributed by atoms with Gasteiger partial charge in [-0.1, -0.05) is 24.3 Å². The molecule has 0 saturated heterocycles. The lowest BCUT2D eigenvalue weighted by Crippen LogP contribution is -2.40. The average Bonchev–Trinajstić information content (AvgIpc) is 2.80. The Hall–Kier alpha value is -2.85. The van der Waals surface area contributed by atoms with Crippen LogP contribution in [0.1, 0.15) is 40.4 Å². The normalized spacial score (nSPS) is 19.5. The molecule has 0 fully saturated rings. The number of hydrogen-bond donors (Lipinski definition) is 2. The van der Waals surface area contributed by atoms with E-state index in [0.717, 1.165) is 17.2 Å². The van der Waals surface area contributed by atoms with E-state index in [1.807, 2.05) is 18.2 Å². The first kappa shape index (κ1) is 24.3. The van der Waals surface area contributed by atoms with Crippen molar-refractivity contribution < 1.29 is 41.6 Å². The molecule has 0 aliphatic heterocycles. The van der Waals surface area contributed by atoms with Gasteiger partial charge in [0.1, 0.15) is 0 Å². The van der Waals surface area contributed by atoms with E-state index in [4.69, 9.17) is 9.47 Å². The van der Waals surface area contributed by atoms with Gasteiger partial charge in [-0.2, -0.15) is 0 Å². The van der Waals surface area contributed by atoms with E-state index in [1.165, 1.54) is 13.0 Å². The van der Waals surface area contributed by atoms with Gasteiger partial charge in [-0.05, 0) is 47.9 Å². The van der Waals surface area contributed by atoms with E-state index < -0.39 is 53.9 Å². The fourth-order valence-corrected chi connectivity index (χ4v) is 4.03. The van der Waals surface area contributed by atoms with Crippen LogP contribution in [-0.4, -0.2) is 22.4 Å². The van der Waals surface area contributed by atoms with Gasteiger partial charge in [-0.15, -0.1) is 0 Å². The predicted molar refractivity (Wildman–Crippen MR) is 111 cm³/mol. The highest BCUT2D eigenvalue weighted by atomic mass is 19.2. The number of halogens is 5. The Bertz CT molecular complexity index is 1060. The highest BCUT2D eigenvalue weighted by Crippen LogP contribution is 2.32. The third-order valence-corrected chi connectivity index (χ3v) is 5.79. The zero-order valence-electron chi connectivity index (χ0n) is 17.9. The van der Waals surface area contributed by atoms with Crippen molar-refractivity contribution in [3.05, 3.63) is 105 Å². The van der Waals surface area contributed by atoms with Crippen molar-refractivity contribution in [1.29, 1.82) is 0 Å². The van der Waals surface area contributed by atoms with Crippen molar-refractivity contribution in [1.82, 2.24) is 0 Å². The number of hydrogen-bond acceptors (Lipinski definition) is 4. The zero-order valence-corrected chi connectivity index (χ0v) is 17.9. The van der Waals surface area contributed by atoms with Crippen LogP contribution >= 0.6 is 0 Å². The second-order valence-electron chi connectivity index (χ2n) is 8.16. The van der Waals surface area contributed by atoms with Crippen molar-refractivity contribution in [2.75, 3.05) is 0 Å². The summed E-state index contributed by atoms with van der Waals surface area (Å²) >= 11 is 0. The minimum absolute atomic E-state index is 0.0165. The molecule has 9 heteroatoms. The molecule has 34 heavy (non-hydrogen) atoms. The standard InChI is InChI=1S/C25H21F5O4/c1-12-6-15(7-17(26)22(12)29)24(31)33-20-10-13-4-2-3-5-14(13)11-21(20)34-25(32)16-8-18(27)23(30)19(28)9-16/h2-9,20-21,24-25,31-32H,10-11H2,1H3. The molecular weight excluding hydrogens is 459 g/mol. The molecule has 0 radical (unpaired) electrons. The summed E-state index contributed by atoms with van der Waals surface area (Å²) in [6.07, 6.45) is -4.79. The third-order valence-electron chi connectivity index (χ3n) is 5.79. The van der Waals surface area contributed by atoms with Gasteiger partial charge < -0.3 is 19.7 Å². The number of aliphatic hydroxyl groups is 2. The smallest absolute Gasteiger partial charge is 0.194 e. The molecule has 3 aromatic rings. The molecule has 4 unspecified atom stereocenters. The van der Waals surface area contributed by atoms with Gasteiger partial charge in [0.2, 0.25) is 0 Å². The minimum Gasteiger partial charge on any atom is -0.364 e. The summed E-state index contributed by atoms with van der Waals surface area (Å²) in [5.74, 6) is -6.82. The summed E-state index contributed by atoms with van der Waals surface area (Å²) in [5, 5.41) is 21.0. The average molecular weight is 480 g/mol. The molecule has 180 valence electrons. The van der Waals surface area contributed by atoms with E-state index in [2.05, 4.69) is 0 Å². The van der Waals surface area contributed by atoms with Crippen LogP contribution in [0.2, 0.25) is 0 Å². The van der Waals surface area contributed by atoms with Gasteiger partial charge in [0.15, 0.2) is 41.7 Å². The highest BCUT2D eigenvalue weighted by molar-refractivity contribution is 5.32. The molecule has 0 spiro atoms. The Morgan fingerprint density at radius 3 is 1.56 bits per heavy atom. The lowest BCUT2D eigenvalue weighted by molar-refractivity contribution is -0.219. The first-order chi connectivity index (χ1) is 16.1. The van der Waals surface area contributed by atoms with Crippen molar-refractivity contribution >= 4 is 0 Å². The van der Waals surface area contributed by atoms with E-state index in [1.54, 1.807) is 6.07 Å². The van der Waals surface area contributed by atoms with Crippen molar-refractivity contribution in [2.45, 2.75) is 44.6 Å². The summed E-state index contributed by atoms with van der Waals surface area (Å²) in [7, 11) is 0. The van der Waals surface area contributed by atoms with Crippen LogP contribution < -0.4 is 0 Å². The van der Waals surface area contributed by atoms with Crippen LogP contribution in [0.4, 0.5) is 22.0 Å². The monoisotopic (exact) mass is 480 g/mol. The van der Waals surface area contributed by atoms with Gasteiger partial charge in [0.05, 0.1) is 12.2 Å². The quantitative estimate of drug-likeness (QED) is 0.298. The number of ether oxygens (including phenoxy) is 2. The Kier molecular flexibility index (Phi) is 6.99. The number of rotatable bonds is 6. The van der Waals surface area contributed by atoms with Gasteiger partial charge >= 0.3 is 0 Å². The fourth-order valence-electron chi connectivity index (χ4n) is 4.03. The maximum Gasteiger partial charge on any atom is 0.194 e. The molecule has 1 aliphatic rings. The van der Waals surface area contributed by atoms with Gasteiger partial charge in [0, 0.05) is 24.0 Å². The minimum atomic E-state index is -1.83. The molecule has 1 aliphatic carbocycles. The second kappa shape index (κ2) is 9.79. The van der Waals surface area contributed by atoms with E-state index in [9.17, 15) is 32.2 Å². The Balaban J connectivity index is 1.59. The molecule has 0 saturated carbocycles. The number of fused-ring (bicyclic) bond motifs is 1. The van der Waals surface area contributed by atoms with E-state index in [-0.39, 0.29) is 29.5 Å². The molecule has 4 nitrogen and oxygen atoms in total. The number of aryl methyl sites for hydroxylation is 1. The molecule has 3 aromatic carbocycles. The van der Waals surface area contributed by atoms with Crippen LogP contribution in [0.25, 0.3) is 0 Å². The molecular formula is C25H21F5O4. The number of aliphatic hydroxyl groups excluding tert-OH is 2. The maximum absolute atomic E-state index is 13.8. The van der Waals surface area contributed by atoms with Crippen LogP contribution in [0, 0.1) is 36.0 Å². The maximum atomic E-state index is 13.8. The van der Waals surface area contributed by atoms with Crippen LogP contribution in [-0.2, 0) is 22.3 Å². The van der Waals surface area contributed by atoms with Gasteiger partial charge in [-0.3, -0.25) is 0 Å². The zero-order chi connectivity index (χ0) is 24.6. The molecule has 0 bridgehead atoms. The van der Waals surface area contributed by atoms with Crippen molar-refractivity contribution in [2.24, 2.45) is 0 Å². The Labute approximate surface area is 192 Å². The third kappa shape index (κ3) is 4.97. The lowest BCUT2D eigenvalue weighted by Gasteiger charge is -2.35. The van der Waals surface area contributed by atoms with E-state index in [0.29, 0.717) is 12.1 Å². The molecule has 0 amide bonds. The molecule has 0 heterocycles. The second-order valence-corrected chi connectivity index (χ2v) is 8.16. The Morgan fingerprint density at radius 1 is 0.706 bits per heavy atom. The summed E-state index contributed by atoms with van der Waals surface area (Å²) in [4.78, 5) is 0. The first-order valence-corrected chi connectivity index (χ1v) is 10.5. The largest absolute Gasteiger partial charge is 0.364 e. The highest BCUT2D eigenvalue weighted by Gasteiger charge is 2.34. The summed E-state index contributed by atoms with van der Waals surface area (Å²) in [5.41, 5.74) is 1.38. The van der Waals surface area contributed by atoms with Crippen LogP contribution in [0.3, 0.4) is 0 Å². The fraction of sp³-hybridized carbons (Fsp3) is 0.280. The first-order valence-electron chi connectivity index (χ1n) is 10.5. The van der Waals surface area contributed by atoms with Crippen LogP contribution in [0.15, 0.2) is 48.5 Å². The topological polar surface area (TPSA) is 58.9 Å². The van der Waals surface area contributed by atoms with Gasteiger partial charge in [-0.25, -0.2) is 22.0 Å². The molecule has 2 N–H and O–H groups in total. The van der Waals surface area contributed by atoms with Crippen LogP contribution in [0.5, 0.6) is 0 Å². The van der Waals surface area contributed by atoms with Crippen molar-refractivity contribution in [3.63, 3.8) is 0 Å². The summed E-state index contributed by atoms with van der Waals surface area (Å²) in [6, 6.07) is 10.6. The number of benzene rings is 3. The molecule has 0 aromatic heterocycles. The molecule has 4 rings (SSSR count). The summed E-state index contributed by atoms with van der Waals surface area (Å²) in [6.45, 7) is 1.34. The van der Waals surface area contributed by atoms with E-state index >= 15 is 0 Å². The molecule has 4 atom stereocenters. The summed E-state index contributed by atoms with van der Waals surface area (Å²) < 4.78 is 79.3. The predicted octanol–water partition coefficient (Wildman–Crippen LogP) is 4.94. The lowest BCUT2D eigenvalue weighted by atomic mass is 9.87. The Morgan fingerprint density at radius 2 is 1.12 bits per heavy atom. The SMILES string of the molecule is Cc1cc(C(O)OC2Cc3ccccc3CC2OC(O)c2cc(F)c(F)c(F)c2)cc(F)c1F. The van der Waals surface area contributed by atoms with Crippen molar-refractivity contribution in [3.8, 4) is 0 Å².